The monoisotopic (exact) mass is 225 g/mol. The van der Waals surface area contributed by atoms with Crippen LogP contribution in [0.5, 0.6) is 5.75 Å². The molecule has 16 heavy (non-hydrogen) atoms. The van der Waals surface area contributed by atoms with Crippen LogP contribution >= 0.6 is 0 Å². The number of nitrogens with zero attached hydrogens (tertiary/aromatic N) is 1. The Balaban J connectivity index is 2.07. The number of hydrogen-bond acceptors (Lipinski definition) is 5. The molecule has 0 aliphatic carbocycles. The predicted molar refractivity (Wildman–Crippen MR) is 57.6 cm³/mol. The van der Waals surface area contributed by atoms with Crippen LogP contribution in [0.1, 0.15) is 5.69 Å². The van der Waals surface area contributed by atoms with Crippen LogP contribution in [0.3, 0.4) is 0 Å². The summed E-state index contributed by atoms with van der Waals surface area (Å²) in [6.45, 7) is 1.55. The fourth-order valence-corrected chi connectivity index (χ4v) is 1.05. The molecule has 1 amide bonds. The maximum absolute atomic E-state index is 10.3. The van der Waals surface area contributed by atoms with Crippen LogP contribution < -0.4 is 11.1 Å². The molecule has 0 saturated carbocycles. The van der Waals surface area contributed by atoms with Crippen molar-refractivity contribution in [1.29, 1.82) is 0 Å². The molecule has 0 aromatic carbocycles. The van der Waals surface area contributed by atoms with Crippen molar-refractivity contribution in [2.45, 2.75) is 6.54 Å². The van der Waals surface area contributed by atoms with E-state index in [0.29, 0.717) is 19.7 Å². The molecule has 0 aliphatic heterocycles. The molecule has 6 heteroatoms. The second-order valence-corrected chi connectivity index (χ2v) is 3.20. The van der Waals surface area contributed by atoms with E-state index in [1.807, 2.05) is 0 Å². The van der Waals surface area contributed by atoms with Gasteiger partial charge in [0.15, 0.2) is 0 Å². The highest BCUT2D eigenvalue weighted by Crippen LogP contribution is 2.05. The molecule has 0 radical (unpaired) electrons. The van der Waals surface area contributed by atoms with Gasteiger partial charge in [-0.25, -0.2) is 0 Å². The van der Waals surface area contributed by atoms with Crippen molar-refractivity contribution in [3.05, 3.63) is 24.0 Å². The summed E-state index contributed by atoms with van der Waals surface area (Å²) in [7, 11) is 0. The maximum Gasteiger partial charge on any atom is 0.243 e. The number of nitrogens with two attached hydrogens (primary N) is 1. The highest BCUT2D eigenvalue weighted by molar-refractivity contribution is 5.74. The molecule has 88 valence electrons. The first kappa shape index (κ1) is 12.4. The van der Waals surface area contributed by atoms with E-state index >= 15 is 0 Å². The van der Waals surface area contributed by atoms with E-state index in [4.69, 9.17) is 15.6 Å². The van der Waals surface area contributed by atoms with Crippen LogP contribution in [0.25, 0.3) is 0 Å². The number of amides is 1. The van der Waals surface area contributed by atoms with Gasteiger partial charge in [0.05, 0.1) is 18.5 Å². The van der Waals surface area contributed by atoms with E-state index in [-0.39, 0.29) is 12.4 Å². The highest BCUT2D eigenvalue weighted by atomic mass is 16.5. The first-order valence-electron chi connectivity index (χ1n) is 4.89. The van der Waals surface area contributed by atoms with E-state index in [2.05, 4.69) is 10.3 Å². The van der Waals surface area contributed by atoms with Gasteiger partial charge in [0, 0.05) is 13.1 Å². The third-order valence-electron chi connectivity index (χ3n) is 1.78. The molecule has 1 aromatic rings. The molecular formula is C10H15N3O3. The third kappa shape index (κ3) is 5.28. The first-order valence-corrected chi connectivity index (χ1v) is 4.89. The Kier molecular flexibility index (Phi) is 5.24. The van der Waals surface area contributed by atoms with Gasteiger partial charge >= 0.3 is 0 Å². The summed E-state index contributed by atoms with van der Waals surface area (Å²) in [4.78, 5) is 14.3. The van der Waals surface area contributed by atoms with Gasteiger partial charge in [-0.1, -0.05) is 0 Å². The molecular weight excluding hydrogens is 210 g/mol. The summed E-state index contributed by atoms with van der Waals surface area (Å²) in [6.07, 6.45) is 1.39. The molecule has 0 unspecified atom stereocenters. The van der Waals surface area contributed by atoms with Gasteiger partial charge in [0.25, 0.3) is 0 Å². The summed E-state index contributed by atoms with van der Waals surface area (Å²) >= 11 is 0. The number of nitrogens with one attached hydrogen (secondary N) is 1. The molecule has 6 nitrogen and oxygen atoms in total. The van der Waals surface area contributed by atoms with Gasteiger partial charge < -0.3 is 20.9 Å². The number of carbonyl (C=O) groups excluding carboxylic acids is 1. The van der Waals surface area contributed by atoms with Crippen LogP contribution in [0, 0.1) is 0 Å². The lowest BCUT2D eigenvalue weighted by Crippen LogP contribution is -2.24. The van der Waals surface area contributed by atoms with Crippen LogP contribution in [0.2, 0.25) is 0 Å². The number of rotatable bonds is 7. The smallest absolute Gasteiger partial charge is 0.243 e. The summed E-state index contributed by atoms with van der Waals surface area (Å²) in [5, 5.41) is 12.1. The molecule has 0 fully saturated rings. The number of hydrogen-bond donors (Lipinski definition) is 3. The number of aromatic nitrogens is 1. The molecule has 1 aromatic heterocycles. The fraction of sp³-hybridized carbons (Fsp3) is 0.400. The Morgan fingerprint density at radius 3 is 3.00 bits per heavy atom. The largest absolute Gasteiger partial charge is 0.506 e. The van der Waals surface area contributed by atoms with Crippen LogP contribution in [0.15, 0.2) is 18.3 Å². The summed E-state index contributed by atoms with van der Waals surface area (Å²) in [6, 6.07) is 3.31. The van der Waals surface area contributed by atoms with Gasteiger partial charge in [0.1, 0.15) is 12.4 Å². The van der Waals surface area contributed by atoms with Crippen molar-refractivity contribution in [2.75, 3.05) is 19.8 Å². The minimum absolute atomic E-state index is 0.0564. The lowest BCUT2D eigenvalue weighted by atomic mass is 10.3. The number of ether oxygens (including phenoxy) is 1. The van der Waals surface area contributed by atoms with E-state index in [0.717, 1.165) is 5.69 Å². The molecule has 0 aliphatic rings. The predicted octanol–water partition coefficient (Wildman–Crippen LogP) is -0.621. The molecule has 0 spiro atoms. The average Bonchev–Trinajstić information content (AvgIpc) is 2.25. The lowest BCUT2D eigenvalue weighted by Gasteiger charge is -2.04. The van der Waals surface area contributed by atoms with E-state index in [1.165, 1.54) is 6.20 Å². The fourth-order valence-electron chi connectivity index (χ4n) is 1.05. The number of pyridine rings is 1. The lowest BCUT2D eigenvalue weighted by molar-refractivity contribution is -0.122. The molecule has 0 atom stereocenters. The molecule has 4 N–H and O–H groups in total. The molecule has 0 saturated heterocycles. The second kappa shape index (κ2) is 6.76. The zero-order chi connectivity index (χ0) is 11.8. The zero-order valence-electron chi connectivity index (χ0n) is 8.85. The maximum atomic E-state index is 10.3. The van der Waals surface area contributed by atoms with E-state index < -0.39 is 5.91 Å². The van der Waals surface area contributed by atoms with Gasteiger partial charge in [-0.15, -0.1) is 0 Å². The van der Waals surface area contributed by atoms with E-state index in [1.54, 1.807) is 12.1 Å². The van der Waals surface area contributed by atoms with Gasteiger partial charge in [0.2, 0.25) is 5.91 Å². The minimum atomic E-state index is -0.472. The van der Waals surface area contributed by atoms with Crippen molar-refractivity contribution < 1.29 is 14.6 Å². The number of aromatic hydroxyl groups is 1. The van der Waals surface area contributed by atoms with Crippen LogP contribution in [-0.4, -0.2) is 35.8 Å². The minimum Gasteiger partial charge on any atom is -0.506 e. The Labute approximate surface area is 93.4 Å². The normalized spacial score (nSPS) is 10.2. The number of carbonyl (C=O) groups is 1. The third-order valence-corrected chi connectivity index (χ3v) is 1.78. The van der Waals surface area contributed by atoms with Crippen LogP contribution in [-0.2, 0) is 16.1 Å². The topological polar surface area (TPSA) is 97.5 Å². The van der Waals surface area contributed by atoms with E-state index in [9.17, 15) is 4.79 Å². The molecule has 0 bridgehead atoms. The van der Waals surface area contributed by atoms with Crippen molar-refractivity contribution in [3.63, 3.8) is 0 Å². The Morgan fingerprint density at radius 1 is 1.56 bits per heavy atom. The van der Waals surface area contributed by atoms with Gasteiger partial charge in [-0.2, -0.15) is 0 Å². The quantitative estimate of drug-likeness (QED) is 0.537. The highest BCUT2D eigenvalue weighted by Gasteiger charge is 1.96. The molecule has 1 rings (SSSR count). The van der Waals surface area contributed by atoms with Crippen molar-refractivity contribution in [2.24, 2.45) is 5.73 Å². The zero-order valence-corrected chi connectivity index (χ0v) is 8.85. The van der Waals surface area contributed by atoms with Gasteiger partial charge in [-0.05, 0) is 12.1 Å². The van der Waals surface area contributed by atoms with Crippen LogP contribution in [0.4, 0.5) is 0 Å². The number of primary amides is 1. The standard InChI is InChI=1S/C10H15N3O3/c11-10(15)7-16-4-3-12-5-8-1-2-9(14)6-13-8/h1-2,6,12,14H,3-5,7H2,(H2,11,15). The van der Waals surface area contributed by atoms with Crippen molar-refractivity contribution in [1.82, 2.24) is 10.3 Å². The van der Waals surface area contributed by atoms with Crippen molar-refractivity contribution in [3.8, 4) is 5.75 Å². The summed E-state index contributed by atoms with van der Waals surface area (Å²) in [5.74, 6) is -0.325. The first-order chi connectivity index (χ1) is 7.68. The average molecular weight is 225 g/mol. The Bertz CT molecular complexity index is 327. The molecule has 1 heterocycles. The van der Waals surface area contributed by atoms with Gasteiger partial charge in [-0.3, -0.25) is 9.78 Å². The Morgan fingerprint density at radius 2 is 2.38 bits per heavy atom. The Hall–Kier alpha value is -1.66. The second-order valence-electron chi connectivity index (χ2n) is 3.20. The summed E-state index contributed by atoms with van der Waals surface area (Å²) < 4.78 is 4.95. The summed E-state index contributed by atoms with van der Waals surface area (Å²) in [5.41, 5.74) is 5.72. The SMILES string of the molecule is NC(=O)COCCNCc1ccc(O)cn1. The van der Waals surface area contributed by atoms with Crippen molar-refractivity contribution >= 4 is 5.91 Å².